The van der Waals surface area contributed by atoms with E-state index in [0.717, 1.165) is 6.26 Å². The van der Waals surface area contributed by atoms with E-state index in [1.54, 1.807) is 37.4 Å². The first kappa shape index (κ1) is 20.2. The van der Waals surface area contributed by atoms with Crippen LogP contribution in [-0.2, 0) is 19.5 Å². The predicted molar refractivity (Wildman–Crippen MR) is 101 cm³/mol. The fourth-order valence-electron chi connectivity index (χ4n) is 2.13. The van der Waals surface area contributed by atoms with Gasteiger partial charge in [0.15, 0.2) is 27.9 Å². The zero-order valence-electron chi connectivity index (χ0n) is 15.1. The highest BCUT2D eigenvalue weighted by atomic mass is 32.2. The molecule has 1 N–H and O–H groups in total. The Bertz CT molecular complexity index is 941. The molecule has 0 saturated carbocycles. The quantitative estimate of drug-likeness (QED) is 0.545. The van der Waals surface area contributed by atoms with Crippen LogP contribution in [0, 0.1) is 0 Å². The van der Waals surface area contributed by atoms with Gasteiger partial charge in [-0.2, -0.15) is 0 Å². The number of nitrogens with zero attached hydrogens (tertiary/aromatic N) is 1. The number of hydrogen-bond acceptors (Lipinski definition) is 7. The largest absolute Gasteiger partial charge is 0.493 e. The van der Waals surface area contributed by atoms with Crippen molar-refractivity contribution in [1.29, 1.82) is 0 Å². The molecule has 144 valence electrons. The molecule has 8 nitrogen and oxygen atoms in total. The zero-order chi connectivity index (χ0) is 19.9. The first-order valence-corrected chi connectivity index (χ1v) is 9.70. The monoisotopic (exact) mass is 392 g/mol. The van der Waals surface area contributed by atoms with Gasteiger partial charge in [0.1, 0.15) is 0 Å². The molecule has 0 bridgehead atoms. The molecule has 0 saturated heterocycles. The molecule has 2 rings (SSSR count). The number of anilines is 1. The summed E-state index contributed by atoms with van der Waals surface area (Å²) in [5, 5.41) is 6.28. The second-order valence-corrected chi connectivity index (χ2v) is 7.49. The van der Waals surface area contributed by atoms with E-state index in [-0.39, 0.29) is 11.5 Å². The molecule has 1 amide bonds. The minimum Gasteiger partial charge on any atom is -0.493 e. The maximum absolute atomic E-state index is 11.9. The molecule has 0 spiro atoms. The average Bonchev–Trinajstić information content (AvgIpc) is 2.64. The third kappa shape index (κ3) is 6.00. The Labute approximate surface area is 157 Å². The van der Waals surface area contributed by atoms with Crippen LogP contribution in [0.5, 0.6) is 11.5 Å². The lowest BCUT2D eigenvalue weighted by molar-refractivity contribution is -0.120. The molecular formula is C18H20N2O6S. The number of amides is 1. The molecule has 0 aliphatic carbocycles. The Morgan fingerprint density at radius 3 is 2.52 bits per heavy atom. The number of ether oxygens (including phenoxy) is 2. The Morgan fingerprint density at radius 2 is 1.85 bits per heavy atom. The summed E-state index contributed by atoms with van der Waals surface area (Å²) in [4.78, 5) is 17.0. The van der Waals surface area contributed by atoms with E-state index in [2.05, 4.69) is 10.5 Å². The number of hydrogen-bond donors (Lipinski definition) is 1. The van der Waals surface area contributed by atoms with E-state index in [1.807, 2.05) is 0 Å². The summed E-state index contributed by atoms with van der Waals surface area (Å²) in [6.07, 6.45) is 2.53. The number of oxime groups is 1. The zero-order valence-corrected chi connectivity index (χ0v) is 15.9. The highest BCUT2D eigenvalue weighted by Crippen LogP contribution is 2.26. The maximum Gasteiger partial charge on any atom is 0.265 e. The summed E-state index contributed by atoms with van der Waals surface area (Å²) in [6.45, 7) is -0.326. The smallest absolute Gasteiger partial charge is 0.265 e. The number of carbonyl (C=O) groups excluding carboxylic acids is 1. The lowest BCUT2D eigenvalue weighted by atomic mass is 10.2. The Balaban J connectivity index is 1.90. The van der Waals surface area contributed by atoms with Gasteiger partial charge in [-0.15, -0.1) is 0 Å². The highest BCUT2D eigenvalue weighted by Gasteiger charge is 2.09. The van der Waals surface area contributed by atoms with Crippen LogP contribution in [0.15, 0.2) is 52.5 Å². The number of carbonyl (C=O) groups is 1. The van der Waals surface area contributed by atoms with E-state index in [0.29, 0.717) is 22.7 Å². The molecule has 0 aliphatic rings. The standard InChI is InChI=1S/C18H20N2O6S/c1-24-16-8-7-13(9-17(16)25-2)11-19-26-12-18(21)20-14-5-4-6-15(10-14)27(3,22)23/h4-11H,12H2,1-3H3,(H,20,21)/b19-11-. The van der Waals surface area contributed by atoms with Gasteiger partial charge >= 0.3 is 0 Å². The normalized spacial score (nSPS) is 11.2. The summed E-state index contributed by atoms with van der Waals surface area (Å²) in [5.74, 6) is 0.668. The third-order valence-electron chi connectivity index (χ3n) is 3.43. The van der Waals surface area contributed by atoms with Crippen molar-refractivity contribution in [3.8, 4) is 11.5 Å². The molecule has 0 aromatic heterocycles. The summed E-state index contributed by atoms with van der Waals surface area (Å²) in [7, 11) is -0.282. The van der Waals surface area contributed by atoms with Crippen molar-refractivity contribution >= 4 is 27.6 Å². The molecule has 9 heteroatoms. The number of rotatable bonds is 8. The number of nitrogens with one attached hydrogen (secondary N) is 1. The van der Waals surface area contributed by atoms with E-state index >= 15 is 0 Å². The van der Waals surface area contributed by atoms with Crippen LogP contribution in [-0.4, -0.2) is 47.6 Å². The van der Waals surface area contributed by atoms with Crippen LogP contribution in [0.4, 0.5) is 5.69 Å². The van der Waals surface area contributed by atoms with Crippen molar-refractivity contribution in [2.45, 2.75) is 4.90 Å². The van der Waals surface area contributed by atoms with Gasteiger partial charge in [0.05, 0.1) is 25.3 Å². The van der Waals surface area contributed by atoms with Crippen molar-refractivity contribution in [1.82, 2.24) is 0 Å². The lowest BCUT2D eigenvalue weighted by Crippen LogP contribution is -2.17. The van der Waals surface area contributed by atoms with Gasteiger partial charge in [-0.05, 0) is 36.4 Å². The van der Waals surface area contributed by atoms with Crippen LogP contribution in [0.3, 0.4) is 0 Å². The van der Waals surface area contributed by atoms with Gasteiger partial charge in [-0.3, -0.25) is 4.79 Å². The highest BCUT2D eigenvalue weighted by molar-refractivity contribution is 7.90. The predicted octanol–water partition coefficient (Wildman–Crippen LogP) is 2.10. The minimum absolute atomic E-state index is 0.118. The van der Waals surface area contributed by atoms with Gasteiger partial charge in [0.2, 0.25) is 0 Å². The number of benzene rings is 2. The molecule has 2 aromatic rings. The molecule has 0 aliphatic heterocycles. The van der Waals surface area contributed by atoms with Gasteiger partial charge in [0, 0.05) is 17.5 Å². The number of sulfone groups is 1. The van der Waals surface area contributed by atoms with E-state index in [4.69, 9.17) is 14.3 Å². The van der Waals surface area contributed by atoms with Crippen LogP contribution in [0.1, 0.15) is 5.56 Å². The average molecular weight is 392 g/mol. The number of methoxy groups -OCH3 is 2. The van der Waals surface area contributed by atoms with Crippen LogP contribution in [0.2, 0.25) is 0 Å². The van der Waals surface area contributed by atoms with Crippen molar-refractivity contribution in [3.05, 3.63) is 48.0 Å². The summed E-state index contributed by atoms with van der Waals surface area (Å²) < 4.78 is 33.4. The van der Waals surface area contributed by atoms with Gasteiger partial charge in [-0.25, -0.2) is 8.42 Å². The van der Waals surface area contributed by atoms with Crippen LogP contribution >= 0.6 is 0 Å². The van der Waals surface area contributed by atoms with E-state index in [1.165, 1.54) is 25.5 Å². The second-order valence-electron chi connectivity index (χ2n) is 5.47. The van der Waals surface area contributed by atoms with Gasteiger partial charge in [0.25, 0.3) is 5.91 Å². The minimum atomic E-state index is -3.35. The van der Waals surface area contributed by atoms with Crippen LogP contribution < -0.4 is 14.8 Å². The van der Waals surface area contributed by atoms with E-state index in [9.17, 15) is 13.2 Å². The molecule has 27 heavy (non-hydrogen) atoms. The first-order chi connectivity index (χ1) is 12.8. The second kappa shape index (κ2) is 9.04. The lowest BCUT2D eigenvalue weighted by Gasteiger charge is -2.07. The van der Waals surface area contributed by atoms with Gasteiger partial charge < -0.3 is 19.6 Å². The van der Waals surface area contributed by atoms with Crippen molar-refractivity contribution in [2.75, 3.05) is 32.4 Å². The topological polar surface area (TPSA) is 103 Å². The Morgan fingerprint density at radius 1 is 1.11 bits per heavy atom. The SMILES string of the molecule is COc1ccc(/C=N\OCC(=O)Nc2cccc(S(C)(=O)=O)c2)cc1OC. The summed E-state index contributed by atoms with van der Waals surface area (Å²) >= 11 is 0. The molecule has 0 fully saturated rings. The maximum atomic E-state index is 11.9. The Hall–Kier alpha value is -3.07. The fraction of sp³-hybridized carbons (Fsp3) is 0.222. The van der Waals surface area contributed by atoms with Crippen molar-refractivity contribution in [3.63, 3.8) is 0 Å². The van der Waals surface area contributed by atoms with Crippen molar-refractivity contribution < 1.29 is 27.5 Å². The van der Waals surface area contributed by atoms with Crippen LogP contribution in [0.25, 0.3) is 0 Å². The first-order valence-electron chi connectivity index (χ1n) is 7.81. The van der Waals surface area contributed by atoms with Crippen molar-refractivity contribution in [2.24, 2.45) is 5.16 Å². The fourth-order valence-corrected chi connectivity index (χ4v) is 2.80. The third-order valence-corrected chi connectivity index (χ3v) is 4.54. The van der Waals surface area contributed by atoms with E-state index < -0.39 is 15.7 Å². The molecule has 0 atom stereocenters. The van der Waals surface area contributed by atoms with Gasteiger partial charge in [-0.1, -0.05) is 11.2 Å². The molecular weight excluding hydrogens is 372 g/mol. The summed E-state index contributed by atoms with van der Waals surface area (Å²) in [5.41, 5.74) is 1.06. The summed E-state index contributed by atoms with van der Waals surface area (Å²) in [6, 6.07) is 11.1. The molecule has 0 heterocycles. The molecule has 0 radical (unpaired) electrons. The molecule has 2 aromatic carbocycles. The Kier molecular flexibility index (Phi) is 6.78. The molecule has 0 unspecified atom stereocenters.